The summed E-state index contributed by atoms with van der Waals surface area (Å²) in [5.74, 6) is 0.418. The predicted molar refractivity (Wildman–Crippen MR) is 112 cm³/mol. The standard InChI is InChI=1S/C23H28N2O4/c1-3-28-22(26)17-6-12-20(13-7-17)29-21-14-10-19(11-15-21)25-23(27)24-18-8-4-16(2)5-9-18/h4-9,12-13,19,21H,3,10-11,14-15H2,1-2H3,(H2,24,25,27). The van der Waals surface area contributed by atoms with Crippen molar-refractivity contribution in [2.24, 2.45) is 0 Å². The van der Waals surface area contributed by atoms with E-state index < -0.39 is 0 Å². The Labute approximate surface area is 171 Å². The van der Waals surface area contributed by atoms with Gasteiger partial charge in [-0.25, -0.2) is 9.59 Å². The van der Waals surface area contributed by atoms with Crippen LogP contribution < -0.4 is 15.4 Å². The lowest BCUT2D eigenvalue weighted by atomic mass is 9.93. The molecular formula is C23H28N2O4. The molecule has 1 fully saturated rings. The molecule has 0 aliphatic heterocycles. The highest BCUT2D eigenvalue weighted by molar-refractivity contribution is 5.90. The molecule has 0 saturated heterocycles. The molecule has 6 heteroatoms. The van der Waals surface area contributed by atoms with Crippen LogP contribution >= 0.6 is 0 Å². The second-order valence-electron chi connectivity index (χ2n) is 7.30. The Morgan fingerprint density at radius 2 is 1.62 bits per heavy atom. The molecule has 1 aliphatic rings. The van der Waals surface area contributed by atoms with E-state index >= 15 is 0 Å². The molecule has 1 saturated carbocycles. The highest BCUT2D eigenvalue weighted by atomic mass is 16.5. The van der Waals surface area contributed by atoms with Crippen molar-refractivity contribution in [3.8, 4) is 5.75 Å². The Morgan fingerprint density at radius 1 is 0.966 bits per heavy atom. The van der Waals surface area contributed by atoms with Crippen molar-refractivity contribution in [3.63, 3.8) is 0 Å². The van der Waals surface area contributed by atoms with Gasteiger partial charge in [-0.2, -0.15) is 0 Å². The molecule has 154 valence electrons. The molecule has 0 aromatic heterocycles. The lowest BCUT2D eigenvalue weighted by Gasteiger charge is -2.29. The summed E-state index contributed by atoms with van der Waals surface area (Å²) in [6, 6.07) is 14.7. The first-order chi connectivity index (χ1) is 14.0. The second-order valence-corrected chi connectivity index (χ2v) is 7.30. The number of hydrogen-bond acceptors (Lipinski definition) is 4. The van der Waals surface area contributed by atoms with E-state index in [4.69, 9.17) is 9.47 Å². The number of carbonyl (C=O) groups excluding carboxylic acids is 2. The number of amides is 2. The molecule has 0 atom stereocenters. The molecule has 3 rings (SSSR count). The zero-order chi connectivity index (χ0) is 20.6. The molecule has 0 heterocycles. The van der Waals surface area contributed by atoms with Gasteiger partial charge < -0.3 is 20.1 Å². The van der Waals surface area contributed by atoms with Gasteiger partial charge in [0.25, 0.3) is 0 Å². The first-order valence-corrected chi connectivity index (χ1v) is 10.1. The third kappa shape index (κ3) is 6.24. The van der Waals surface area contributed by atoms with Crippen LogP contribution in [0.25, 0.3) is 0 Å². The molecular weight excluding hydrogens is 368 g/mol. The summed E-state index contributed by atoms with van der Waals surface area (Å²) in [6.07, 6.45) is 3.59. The SMILES string of the molecule is CCOC(=O)c1ccc(OC2CCC(NC(=O)Nc3ccc(C)cc3)CC2)cc1. The fraction of sp³-hybridized carbons (Fsp3) is 0.391. The van der Waals surface area contributed by atoms with E-state index in [0.717, 1.165) is 42.7 Å². The highest BCUT2D eigenvalue weighted by Crippen LogP contribution is 2.24. The molecule has 0 bridgehead atoms. The van der Waals surface area contributed by atoms with Crippen LogP contribution in [-0.4, -0.2) is 30.8 Å². The molecule has 1 aliphatic carbocycles. The van der Waals surface area contributed by atoms with Crippen molar-refractivity contribution in [3.05, 3.63) is 59.7 Å². The van der Waals surface area contributed by atoms with Crippen LogP contribution in [0, 0.1) is 6.92 Å². The normalized spacial score (nSPS) is 18.6. The van der Waals surface area contributed by atoms with Crippen molar-refractivity contribution in [2.45, 2.75) is 51.7 Å². The largest absolute Gasteiger partial charge is 0.490 e. The number of esters is 1. The van der Waals surface area contributed by atoms with Crippen LogP contribution in [0.4, 0.5) is 10.5 Å². The number of hydrogen-bond donors (Lipinski definition) is 2. The van der Waals surface area contributed by atoms with Gasteiger partial charge in [-0.05, 0) is 75.9 Å². The summed E-state index contributed by atoms with van der Waals surface area (Å²) < 4.78 is 11.0. The summed E-state index contributed by atoms with van der Waals surface area (Å²) in [6.45, 7) is 4.16. The molecule has 0 spiro atoms. The van der Waals surface area contributed by atoms with Gasteiger partial charge in [0.1, 0.15) is 5.75 Å². The van der Waals surface area contributed by atoms with Crippen LogP contribution in [0.1, 0.15) is 48.5 Å². The van der Waals surface area contributed by atoms with Gasteiger partial charge >= 0.3 is 12.0 Å². The number of carbonyl (C=O) groups is 2. The van der Waals surface area contributed by atoms with E-state index in [9.17, 15) is 9.59 Å². The average Bonchev–Trinajstić information content (AvgIpc) is 2.72. The third-order valence-corrected chi connectivity index (χ3v) is 4.99. The number of rotatable bonds is 6. The Kier molecular flexibility index (Phi) is 7.11. The fourth-order valence-corrected chi connectivity index (χ4v) is 3.39. The number of urea groups is 1. The molecule has 2 aromatic rings. The smallest absolute Gasteiger partial charge is 0.338 e. The predicted octanol–water partition coefficient (Wildman–Crippen LogP) is 4.68. The second kappa shape index (κ2) is 9.96. The number of benzene rings is 2. The monoisotopic (exact) mass is 396 g/mol. The minimum atomic E-state index is -0.324. The number of aryl methyl sites for hydroxylation is 1. The Morgan fingerprint density at radius 3 is 2.24 bits per heavy atom. The van der Waals surface area contributed by atoms with Crippen molar-refractivity contribution in [1.82, 2.24) is 5.32 Å². The van der Waals surface area contributed by atoms with Gasteiger partial charge in [0.05, 0.1) is 18.3 Å². The molecule has 2 N–H and O–H groups in total. The van der Waals surface area contributed by atoms with Gasteiger partial charge in [-0.15, -0.1) is 0 Å². The van der Waals surface area contributed by atoms with E-state index in [0.29, 0.717) is 12.2 Å². The molecule has 6 nitrogen and oxygen atoms in total. The zero-order valence-electron chi connectivity index (χ0n) is 16.9. The maximum absolute atomic E-state index is 12.2. The number of nitrogens with one attached hydrogen (secondary N) is 2. The summed E-state index contributed by atoms with van der Waals surface area (Å²) >= 11 is 0. The van der Waals surface area contributed by atoms with Gasteiger partial charge in [-0.1, -0.05) is 17.7 Å². The van der Waals surface area contributed by atoms with Crippen molar-refractivity contribution in [1.29, 1.82) is 0 Å². The summed E-state index contributed by atoms with van der Waals surface area (Å²) in [4.78, 5) is 23.9. The first-order valence-electron chi connectivity index (χ1n) is 10.1. The minimum Gasteiger partial charge on any atom is -0.490 e. The van der Waals surface area contributed by atoms with Crippen LogP contribution in [0.3, 0.4) is 0 Å². The Balaban J connectivity index is 1.41. The van der Waals surface area contributed by atoms with Crippen LogP contribution in [-0.2, 0) is 4.74 Å². The van der Waals surface area contributed by atoms with Crippen molar-refractivity contribution in [2.75, 3.05) is 11.9 Å². The van der Waals surface area contributed by atoms with Gasteiger partial charge in [0, 0.05) is 11.7 Å². The lowest BCUT2D eigenvalue weighted by Crippen LogP contribution is -2.41. The van der Waals surface area contributed by atoms with E-state index in [-0.39, 0.29) is 24.1 Å². The van der Waals surface area contributed by atoms with Crippen LogP contribution in [0.2, 0.25) is 0 Å². The van der Waals surface area contributed by atoms with Gasteiger partial charge in [-0.3, -0.25) is 0 Å². The topological polar surface area (TPSA) is 76.7 Å². The van der Waals surface area contributed by atoms with E-state index in [2.05, 4.69) is 10.6 Å². The summed E-state index contributed by atoms with van der Waals surface area (Å²) in [5, 5.41) is 5.91. The molecule has 2 aromatic carbocycles. The van der Waals surface area contributed by atoms with Gasteiger partial charge in [0.2, 0.25) is 0 Å². The minimum absolute atomic E-state index is 0.113. The quantitative estimate of drug-likeness (QED) is 0.695. The Hall–Kier alpha value is -3.02. The number of anilines is 1. The van der Waals surface area contributed by atoms with Gasteiger partial charge in [0.15, 0.2) is 0 Å². The van der Waals surface area contributed by atoms with E-state index in [1.807, 2.05) is 31.2 Å². The zero-order valence-corrected chi connectivity index (χ0v) is 16.9. The van der Waals surface area contributed by atoms with Crippen molar-refractivity contribution >= 4 is 17.7 Å². The summed E-state index contributed by atoms with van der Waals surface area (Å²) in [5.41, 5.74) is 2.47. The first kappa shape index (κ1) is 20.7. The van der Waals surface area contributed by atoms with Crippen LogP contribution in [0.15, 0.2) is 48.5 Å². The van der Waals surface area contributed by atoms with Crippen molar-refractivity contribution < 1.29 is 19.1 Å². The molecule has 29 heavy (non-hydrogen) atoms. The number of ether oxygens (including phenoxy) is 2. The molecule has 0 unspecified atom stereocenters. The lowest BCUT2D eigenvalue weighted by molar-refractivity contribution is 0.0526. The average molecular weight is 396 g/mol. The van der Waals surface area contributed by atoms with E-state index in [1.54, 1.807) is 31.2 Å². The Bertz CT molecular complexity index is 810. The third-order valence-electron chi connectivity index (χ3n) is 4.99. The maximum Gasteiger partial charge on any atom is 0.338 e. The highest BCUT2D eigenvalue weighted by Gasteiger charge is 2.23. The van der Waals surface area contributed by atoms with E-state index in [1.165, 1.54) is 0 Å². The molecule has 0 radical (unpaired) electrons. The fourth-order valence-electron chi connectivity index (χ4n) is 3.39. The summed E-state index contributed by atoms with van der Waals surface area (Å²) in [7, 11) is 0. The maximum atomic E-state index is 12.2. The molecule has 2 amide bonds. The van der Waals surface area contributed by atoms with Crippen LogP contribution in [0.5, 0.6) is 5.75 Å².